The van der Waals surface area contributed by atoms with Crippen LogP contribution in [0.5, 0.6) is 0 Å². The molecule has 9 heteroatoms. The second-order valence-electron chi connectivity index (χ2n) is 34.1. The van der Waals surface area contributed by atoms with Gasteiger partial charge in [-0.3, -0.25) is 4.79 Å². The van der Waals surface area contributed by atoms with Crippen LogP contribution in [0.3, 0.4) is 0 Å². The van der Waals surface area contributed by atoms with E-state index in [2.05, 4.69) is 178 Å². The van der Waals surface area contributed by atoms with Crippen molar-refractivity contribution in [3.05, 3.63) is 183 Å². The van der Waals surface area contributed by atoms with Crippen LogP contribution in [0.2, 0.25) is 0 Å². The van der Waals surface area contributed by atoms with Crippen LogP contribution in [0.25, 0.3) is 17.2 Å². The lowest BCUT2D eigenvalue weighted by atomic mass is 9.25. The molecule has 0 radical (unpaired) electrons. The largest absolute Gasteiger partial charge is 0.516 e. The molecule has 0 amide bonds. The van der Waals surface area contributed by atoms with Crippen molar-refractivity contribution < 1.29 is 25.2 Å². The maximum Gasteiger partial charge on any atom is 0.307 e. The van der Waals surface area contributed by atoms with Crippen molar-refractivity contribution in [3.8, 4) is 11.8 Å². The molecule has 4 spiro atoms. The fraction of sp³-hybridized carbons (Fsp3) is 0.570. The van der Waals surface area contributed by atoms with Crippen LogP contribution < -0.4 is 21.1 Å². The van der Waals surface area contributed by atoms with Crippen molar-refractivity contribution in [2.75, 3.05) is 24.6 Å². The van der Waals surface area contributed by atoms with Gasteiger partial charge in [0, 0.05) is 76.3 Å². The van der Waals surface area contributed by atoms with Gasteiger partial charge in [0.2, 0.25) is 0 Å². The van der Waals surface area contributed by atoms with Crippen LogP contribution in [-0.4, -0.2) is 63.2 Å². The zero-order valence-electron chi connectivity index (χ0n) is 55.8. The summed E-state index contributed by atoms with van der Waals surface area (Å²) in [4.78, 5) is 15.5. The van der Waals surface area contributed by atoms with E-state index in [-0.39, 0.29) is 51.8 Å². The van der Waals surface area contributed by atoms with E-state index in [1.165, 1.54) is 94.4 Å². The number of benzene rings is 3. The van der Waals surface area contributed by atoms with Gasteiger partial charge in [-0.15, -0.1) is 11.8 Å². The van der Waals surface area contributed by atoms with Crippen LogP contribution >= 0.6 is 21.6 Å². The van der Waals surface area contributed by atoms with E-state index in [0.29, 0.717) is 62.3 Å². The third kappa shape index (κ3) is 8.04. The van der Waals surface area contributed by atoms with Gasteiger partial charge in [0.25, 0.3) is 0 Å². The Morgan fingerprint density at radius 3 is 2.53 bits per heavy atom. The highest BCUT2D eigenvalue weighted by atomic mass is 33.1. The van der Waals surface area contributed by atoms with Crippen molar-refractivity contribution in [3.63, 3.8) is 0 Å². The van der Waals surface area contributed by atoms with Gasteiger partial charge >= 0.3 is 5.97 Å². The summed E-state index contributed by atoms with van der Waals surface area (Å²) in [5, 5.41) is 62.8. The van der Waals surface area contributed by atoms with E-state index in [1.807, 2.05) is 0 Å². The molecule has 6 N–H and O–H groups in total. The molecule has 20 unspecified atom stereocenters. The second-order valence-corrected chi connectivity index (χ2v) is 36.7. The first-order valence-corrected chi connectivity index (χ1v) is 40.2. The summed E-state index contributed by atoms with van der Waals surface area (Å²) in [6.45, 7) is 4.15. The molecule has 23 rings (SSSR count). The first-order valence-electron chi connectivity index (χ1n) is 37.7. The smallest absolute Gasteiger partial charge is 0.307 e. The quantitative estimate of drug-likeness (QED) is 0.0656. The van der Waals surface area contributed by atoms with Crippen LogP contribution in [0.4, 0.5) is 0 Å². The summed E-state index contributed by atoms with van der Waals surface area (Å²) >= 11 is 0. The number of carboxylic acids is 1. The maximum absolute atomic E-state index is 15.5. The van der Waals surface area contributed by atoms with Crippen LogP contribution in [0.1, 0.15) is 171 Å². The number of allylic oxidation sites excluding steroid dienone is 10. The average Bonchev–Trinajstić information content (AvgIpc) is 1.53. The van der Waals surface area contributed by atoms with Gasteiger partial charge in [0.1, 0.15) is 0 Å². The van der Waals surface area contributed by atoms with Crippen molar-refractivity contribution in [2.45, 2.75) is 173 Å². The Morgan fingerprint density at radius 2 is 1.67 bits per heavy atom. The molecule has 20 aliphatic rings. The lowest BCUT2D eigenvalue weighted by Gasteiger charge is -2.78. The first-order chi connectivity index (χ1) is 46.4. The molecule has 7 nitrogen and oxygen atoms in total. The zero-order chi connectivity index (χ0) is 63.9. The standard InChI is InChI=1S/C86H98N2O5S2/c1-79-62-42-63-52-95-94-51-61-45-80(44-60(61)39-53-15-4-2-5-16-53)36-37-84(63)72(80)29-35-85(79)68(77(92)93)27-25-59(50-89)64(54-17-6-3-7-18-54)24-13-38-87-75-28-26-58(49-88-75)55-20-12-21-56(40-55)65-23-10-11-32-82-33-14-31-81-46-67-69(41-57-19-8-9-22-66(57)76(65)67)83(78(81)82,34-30-73(82)90)70(43-62)71(47-81)86(79,84)48-74(85)91/h2,4-5,8-9,12,14-16,19-22,26,28-29,31,35,40-41,46,50,54,60-65,68-69,72-74,78,87-91H,3,6-7,13,17-18,23-25,27,30,32-34,36-39,42-45,47-49,51-52H2,1H3,(H,92,93). The summed E-state index contributed by atoms with van der Waals surface area (Å²) in [7, 11) is 4.33. The Balaban J connectivity index is 0.881. The van der Waals surface area contributed by atoms with E-state index in [0.717, 1.165) is 101 Å². The first kappa shape index (κ1) is 60.8. The van der Waals surface area contributed by atoms with Crippen molar-refractivity contribution >= 4 is 44.8 Å². The average molecular weight is 1300 g/mol. The van der Waals surface area contributed by atoms with Crippen molar-refractivity contribution in [1.29, 1.82) is 0 Å². The van der Waals surface area contributed by atoms with E-state index < -0.39 is 51.2 Å². The predicted octanol–water partition coefficient (Wildman–Crippen LogP) is 15.9. The number of dihydropyridines is 1. The monoisotopic (exact) mass is 1300 g/mol. The Bertz CT molecular complexity index is 4140. The molecule has 3 aromatic carbocycles. The minimum atomic E-state index is -1.08. The van der Waals surface area contributed by atoms with E-state index in [9.17, 15) is 20.4 Å². The number of hydrogen-bond donors (Lipinski definition) is 6. The van der Waals surface area contributed by atoms with Gasteiger partial charge < -0.3 is 31.1 Å². The molecule has 20 atom stereocenters. The highest BCUT2D eigenvalue weighted by Gasteiger charge is 2.88. The SMILES string of the molecule is CC12C3CC4=C5CC67C=CCC89CC#CCC(C%10=c%11ccccc%11=CC(C%10=C6)C4(CCC8O)C79)c4cccc(c4)C4=CC=C(NCCCC(C6CCCCC6)C(=CO)CCC(C(=O)O)C16C=CC1C78CCC1(C(CSSCC(C7)C(Cc1ccccc1)C8)C3)C52CC6O)NC4. The molecular weight excluding hydrogens is 1210 g/mol. The molecule has 6 saturated carbocycles. The third-order valence-corrected chi connectivity index (χ3v) is 34.0. The number of hydrogen-bond acceptors (Lipinski definition) is 8. The normalized spacial score (nSPS) is 45.0. The summed E-state index contributed by atoms with van der Waals surface area (Å²) in [5.74, 6) is 12.2. The maximum atomic E-state index is 15.5. The fourth-order valence-electron chi connectivity index (χ4n) is 28.4. The molecule has 1 saturated heterocycles. The van der Waals surface area contributed by atoms with Gasteiger partial charge in [-0.1, -0.05) is 180 Å². The molecule has 7 fully saturated rings. The van der Waals surface area contributed by atoms with E-state index >= 15 is 4.79 Å². The number of nitrogens with one attached hydrogen (secondary N) is 2. The van der Waals surface area contributed by atoms with Gasteiger partial charge in [-0.2, -0.15) is 0 Å². The summed E-state index contributed by atoms with van der Waals surface area (Å²) in [5.41, 5.74) is 8.76. The van der Waals surface area contributed by atoms with Crippen LogP contribution in [0, 0.1) is 114 Å². The third-order valence-electron chi connectivity index (χ3n) is 31.4. The van der Waals surface area contributed by atoms with Crippen LogP contribution in [-0.2, 0) is 11.2 Å². The van der Waals surface area contributed by atoms with Crippen molar-refractivity contribution in [2.24, 2.45) is 102 Å². The number of carboxylic acid groups (broad SMARTS) is 1. The molecular formula is C86H98N2O5S2. The van der Waals surface area contributed by atoms with Crippen molar-refractivity contribution in [1.82, 2.24) is 10.6 Å². The number of carbonyl (C=O) groups is 1. The minimum absolute atomic E-state index is 0.00315. The Labute approximate surface area is 571 Å². The number of aliphatic hydroxyl groups is 3. The van der Waals surface area contributed by atoms with Gasteiger partial charge in [-0.05, 0) is 235 Å². The highest BCUT2D eigenvalue weighted by molar-refractivity contribution is 8.76. The van der Waals surface area contributed by atoms with Gasteiger partial charge in [-0.25, -0.2) is 0 Å². The Hall–Kier alpha value is -5.37. The summed E-state index contributed by atoms with van der Waals surface area (Å²) < 4.78 is 0. The molecule has 0 aromatic heterocycles. The number of aliphatic hydroxyl groups excluding tert-OH is 3. The second kappa shape index (κ2) is 22.1. The fourth-order valence-corrected chi connectivity index (χ4v) is 31.3. The topological polar surface area (TPSA) is 122 Å². The molecule has 3 aromatic rings. The number of fused-ring (bicyclic) bond motifs is 2. The lowest BCUT2D eigenvalue weighted by molar-refractivity contribution is -0.223. The molecule has 7 heterocycles. The minimum Gasteiger partial charge on any atom is -0.516 e. The molecule has 7 aliphatic heterocycles. The molecule has 21 bridgehead atoms. The van der Waals surface area contributed by atoms with Gasteiger partial charge in [0.15, 0.2) is 0 Å². The molecule has 95 heavy (non-hydrogen) atoms. The number of aliphatic carboxylic acids is 1. The zero-order valence-corrected chi connectivity index (χ0v) is 57.4. The molecule has 13 aliphatic carbocycles. The molecule has 494 valence electrons. The van der Waals surface area contributed by atoms with Gasteiger partial charge in [0.05, 0.1) is 30.2 Å². The number of rotatable bonds is 4. The predicted molar refractivity (Wildman–Crippen MR) is 383 cm³/mol. The Morgan fingerprint density at radius 1 is 0.811 bits per heavy atom. The van der Waals surface area contributed by atoms with E-state index in [1.54, 1.807) is 11.1 Å². The summed E-state index contributed by atoms with van der Waals surface area (Å²) in [6.07, 6.45) is 42.2. The lowest BCUT2D eigenvalue weighted by Crippen LogP contribution is -2.73. The highest BCUT2D eigenvalue weighted by Crippen LogP contribution is 2.93. The Kier molecular flexibility index (Phi) is 14.1. The summed E-state index contributed by atoms with van der Waals surface area (Å²) in [6, 6.07) is 30.2. The van der Waals surface area contributed by atoms with Crippen LogP contribution in [0.15, 0.2) is 156 Å². The van der Waals surface area contributed by atoms with E-state index in [4.69, 9.17) is 0 Å².